The van der Waals surface area contributed by atoms with Gasteiger partial charge in [0.25, 0.3) is 0 Å². The summed E-state index contributed by atoms with van der Waals surface area (Å²) in [6.45, 7) is 2.47. The first-order chi connectivity index (χ1) is 13.6. The Labute approximate surface area is 165 Å². The minimum Gasteiger partial charge on any atom is -0.453 e. The molecule has 7 nitrogen and oxygen atoms in total. The lowest BCUT2D eigenvalue weighted by molar-refractivity contribution is -0.118. The molecule has 2 amide bonds. The number of hydrogen-bond acceptors (Lipinski definition) is 5. The van der Waals surface area contributed by atoms with E-state index in [-0.39, 0.29) is 11.9 Å². The minimum atomic E-state index is -0.503. The zero-order valence-corrected chi connectivity index (χ0v) is 16.0. The lowest BCUT2D eigenvalue weighted by Gasteiger charge is -2.44. The standard InChI is InChI=1S/C21H26N4O3/c1-28-21(27)23-16-6-5-9-18(14-16)25-13-12-24(17-7-3-2-4-8-17)15-19(25)10-11-20(22)26/h2-9,14,19H,10-13,15H2,1H3,(H2,22,26)(H,23,27). The maximum atomic E-state index is 11.5. The van der Waals surface area contributed by atoms with E-state index in [9.17, 15) is 9.59 Å². The predicted molar refractivity (Wildman–Crippen MR) is 111 cm³/mol. The van der Waals surface area contributed by atoms with Gasteiger partial charge in [-0.05, 0) is 36.8 Å². The van der Waals surface area contributed by atoms with Crippen LogP contribution in [0.25, 0.3) is 0 Å². The van der Waals surface area contributed by atoms with Crippen LogP contribution >= 0.6 is 0 Å². The van der Waals surface area contributed by atoms with Crippen molar-refractivity contribution in [3.8, 4) is 0 Å². The molecule has 1 aliphatic heterocycles. The Kier molecular flexibility index (Phi) is 6.37. The topological polar surface area (TPSA) is 87.9 Å². The lowest BCUT2D eigenvalue weighted by atomic mass is 10.0. The molecule has 1 saturated heterocycles. The lowest BCUT2D eigenvalue weighted by Crippen LogP contribution is -2.53. The van der Waals surface area contributed by atoms with Crippen LogP contribution in [0.2, 0.25) is 0 Å². The molecule has 0 bridgehead atoms. The molecule has 148 valence electrons. The number of nitrogens with zero attached hydrogens (tertiary/aromatic N) is 2. The molecular weight excluding hydrogens is 356 g/mol. The Morgan fingerprint density at radius 3 is 2.57 bits per heavy atom. The molecule has 2 aromatic carbocycles. The number of carbonyl (C=O) groups is 2. The van der Waals surface area contributed by atoms with E-state index < -0.39 is 6.09 Å². The fourth-order valence-electron chi connectivity index (χ4n) is 3.56. The van der Waals surface area contributed by atoms with Crippen LogP contribution in [0.5, 0.6) is 0 Å². The Morgan fingerprint density at radius 2 is 1.86 bits per heavy atom. The van der Waals surface area contributed by atoms with Crippen molar-refractivity contribution in [1.29, 1.82) is 0 Å². The largest absolute Gasteiger partial charge is 0.453 e. The molecule has 0 aromatic heterocycles. The van der Waals surface area contributed by atoms with Gasteiger partial charge in [0.05, 0.1) is 7.11 Å². The van der Waals surface area contributed by atoms with Gasteiger partial charge in [-0.25, -0.2) is 4.79 Å². The van der Waals surface area contributed by atoms with E-state index in [1.54, 1.807) is 0 Å². The van der Waals surface area contributed by atoms with E-state index in [0.29, 0.717) is 18.5 Å². The maximum absolute atomic E-state index is 11.5. The summed E-state index contributed by atoms with van der Waals surface area (Å²) in [7, 11) is 1.34. The predicted octanol–water partition coefficient (Wildman–Crippen LogP) is 2.83. The van der Waals surface area contributed by atoms with Crippen LogP contribution in [0.3, 0.4) is 0 Å². The van der Waals surface area contributed by atoms with Crippen molar-refractivity contribution in [3.05, 3.63) is 54.6 Å². The highest BCUT2D eigenvalue weighted by atomic mass is 16.5. The number of amides is 2. The number of methoxy groups -OCH3 is 1. The number of carbonyl (C=O) groups excluding carboxylic acids is 2. The molecule has 7 heteroatoms. The second-order valence-corrected chi connectivity index (χ2v) is 6.80. The number of nitrogens with two attached hydrogens (primary N) is 1. The van der Waals surface area contributed by atoms with Crippen LogP contribution in [0.1, 0.15) is 12.8 Å². The first-order valence-electron chi connectivity index (χ1n) is 9.37. The SMILES string of the molecule is COC(=O)Nc1cccc(N2CCN(c3ccccc3)CC2CCC(N)=O)c1. The van der Waals surface area contributed by atoms with Crippen LogP contribution in [-0.2, 0) is 9.53 Å². The maximum Gasteiger partial charge on any atom is 0.411 e. The number of ether oxygens (including phenoxy) is 1. The third-order valence-electron chi connectivity index (χ3n) is 4.94. The molecule has 0 spiro atoms. The molecule has 0 aliphatic carbocycles. The number of piperazine rings is 1. The summed E-state index contributed by atoms with van der Waals surface area (Å²) in [5, 5.41) is 2.70. The van der Waals surface area contributed by atoms with E-state index in [1.165, 1.54) is 12.8 Å². The number of hydrogen-bond donors (Lipinski definition) is 2. The molecule has 28 heavy (non-hydrogen) atoms. The summed E-state index contributed by atoms with van der Waals surface area (Å²) >= 11 is 0. The number of nitrogens with one attached hydrogen (secondary N) is 1. The van der Waals surface area contributed by atoms with Gasteiger partial charge >= 0.3 is 6.09 Å². The number of primary amides is 1. The molecule has 3 N–H and O–H groups in total. The molecule has 3 rings (SSSR count). The molecule has 0 saturated carbocycles. The Balaban J connectivity index is 1.79. The normalized spacial score (nSPS) is 16.5. The number of rotatable bonds is 6. The van der Waals surface area contributed by atoms with Crippen LogP contribution in [0, 0.1) is 0 Å². The average molecular weight is 382 g/mol. The van der Waals surface area contributed by atoms with Crippen molar-refractivity contribution in [2.75, 3.05) is 41.9 Å². The second-order valence-electron chi connectivity index (χ2n) is 6.80. The monoisotopic (exact) mass is 382 g/mol. The summed E-state index contributed by atoms with van der Waals surface area (Å²) in [5.74, 6) is -0.294. The fraction of sp³-hybridized carbons (Fsp3) is 0.333. The van der Waals surface area contributed by atoms with Crippen molar-refractivity contribution < 1.29 is 14.3 Å². The van der Waals surface area contributed by atoms with Crippen LogP contribution in [-0.4, -0.2) is 44.8 Å². The third kappa shape index (κ3) is 4.94. The Hall–Kier alpha value is -3.22. The van der Waals surface area contributed by atoms with Gasteiger partial charge in [0.2, 0.25) is 5.91 Å². The van der Waals surface area contributed by atoms with Crippen LogP contribution in [0.4, 0.5) is 21.9 Å². The van der Waals surface area contributed by atoms with E-state index in [4.69, 9.17) is 5.73 Å². The van der Waals surface area contributed by atoms with E-state index >= 15 is 0 Å². The van der Waals surface area contributed by atoms with Crippen molar-refractivity contribution in [2.45, 2.75) is 18.9 Å². The molecular formula is C21H26N4O3. The Morgan fingerprint density at radius 1 is 1.11 bits per heavy atom. The van der Waals surface area contributed by atoms with Gasteiger partial charge in [-0.1, -0.05) is 24.3 Å². The first kappa shape index (κ1) is 19.5. The Bertz CT molecular complexity index is 812. The zero-order chi connectivity index (χ0) is 19.9. The van der Waals surface area contributed by atoms with Gasteiger partial charge in [0.15, 0.2) is 0 Å². The molecule has 1 heterocycles. The van der Waals surface area contributed by atoms with Gasteiger partial charge in [-0.3, -0.25) is 10.1 Å². The quantitative estimate of drug-likeness (QED) is 0.802. The van der Waals surface area contributed by atoms with Crippen molar-refractivity contribution in [1.82, 2.24) is 0 Å². The number of para-hydroxylation sites is 1. The van der Waals surface area contributed by atoms with Crippen molar-refractivity contribution >= 4 is 29.1 Å². The second kappa shape index (κ2) is 9.12. The van der Waals surface area contributed by atoms with Crippen LogP contribution in [0.15, 0.2) is 54.6 Å². The van der Waals surface area contributed by atoms with Gasteiger partial charge in [0, 0.05) is 49.2 Å². The zero-order valence-electron chi connectivity index (χ0n) is 16.0. The van der Waals surface area contributed by atoms with Crippen molar-refractivity contribution in [3.63, 3.8) is 0 Å². The molecule has 1 fully saturated rings. The highest BCUT2D eigenvalue weighted by Gasteiger charge is 2.27. The smallest absolute Gasteiger partial charge is 0.411 e. The fourth-order valence-corrected chi connectivity index (χ4v) is 3.56. The summed E-state index contributed by atoms with van der Waals surface area (Å²) in [4.78, 5) is 27.5. The van der Waals surface area contributed by atoms with E-state index in [2.05, 4.69) is 32.0 Å². The number of anilines is 3. The van der Waals surface area contributed by atoms with Gasteiger partial charge in [0.1, 0.15) is 0 Å². The van der Waals surface area contributed by atoms with E-state index in [1.807, 2.05) is 42.5 Å². The average Bonchev–Trinajstić information content (AvgIpc) is 2.72. The van der Waals surface area contributed by atoms with Gasteiger partial charge in [-0.15, -0.1) is 0 Å². The summed E-state index contributed by atoms with van der Waals surface area (Å²) in [5.41, 5.74) is 8.24. The highest BCUT2D eigenvalue weighted by Crippen LogP contribution is 2.28. The van der Waals surface area contributed by atoms with Crippen molar-refractivity contribution in [2.24, 2.45) is 5.73 Å². The summed E-state index contributed by atoms with van der Waals surface area (Å²) in [6.07, 6.45) is 0.508. The molecule has 1 unspecified atom stereocenters. The summed E-state index contributed by atoms with van der Waals surface area (Å²) < 4.78 is 4.67. The minimum absolute atomic E-state index is 0.134. The highest BCUT2D eigenvalue weighted by molar-refractivity contribution is 5.85. The molecule has 0 radical (unpaired) electrons. The molecule has 1 atom stereocenters. The summed E-state index contributed by atoms with van der Waals surface area (Å²) in [6, 6.07) is 18.0. The number of benzene rings is 2. The van der Waals surface area contributed by atoms with E-state index in [0.717, 1.165) is 25.3 Å². The molecule has 1 aliphatic rings. The van der Waals surface area contributed by atoms with Gasteiger partial charge < -0.3 is 20.3 Å². The first-order valence-corrected chi connectivity index (χ1v) is 9.37. The molecule has 2 aromatic rings. The van der Waals surface area contributed by atoms with Gasteiger partial charge in [-0.2, -0.15) is 0 Å². The van der Waals surface area contributed by atoms with Crippen LogP contribution < -0.4 is 20.9 Å². The third-order valence-corrected chi connectivity index (χ3v) is 4.94.